The topological polar surface area (TPSA) is 37.8 Å². The zero-order valence-electron chi connectivity index (χ0n) is 8.13. The number of anilines is 1. The Morgan fingerprint density at radius 2 is 2.00 bits per heavy atom. The highest BCUT2D eigenvalue weighted by Crippen LogP contribution is 2.10. The molecule has 0 aliphatic rings. The van der Waals surface area contributed by atoms with Gasteiger partial charge >= 0.3 is 0 Å². The molecule has 0 spiro atoms. The van der Waals surface area contributed by atoms with Crippen LogP contribution < -0.4 is 5.32 Å². The average Bonchev–Trinajstić information content (AvgIpc) is 2.03. The van der Waals surface area contributed by atoms with E-state index in [0.29, 0.717) is 5.69 Å². The zero-order valence-corrected chi connectivity index (χ0v) is 8.13. The van der Waals surface area contributed by atoms with Gasteiger partial charge in [0.2, 0.25) is 0 Å². The molecule has 1 aromatic rings. The molecular formula is C10H13N3. The third-order valence-corrected chi connectivity index (χ3v) is 1.32. The van der Waals surface area contributed by atoms with E-state index in [-0.39, 0.29) is 5.54 Å². The fraction of sp³-hybridized carbons (Fsp3) is 0.400. The fourth-order valence-corrected chi connectivity index (χ4v) is 0.860. The van der Waals surface area contributed by atoms with E-state index in [1.54, 1.807) is 6.07 Å². The van der Waals surface area contributed by atoms with E-state index >= 15 is 0 Å². The SMILES string of the molecule is C#Cc1ccc(NC(C)(C)C)nn1. The van der Waals surface area contributed by atoms with E-state index in [1.807, 2.05) is 6.07 Å². The molecule has 0 aliphatic heterocycles. The molecule has 0 fully saturated rings. The van der Waals surface area contributed by atoms with Gasteiger partial charge in [-0.15, -0.1) is 16.6 Å². The molecule has 1 N–H and O–H groups in total. The normalized spacial score (nSPS) is 10.6. The van der Waals surface area contributed by atoms with Crippen molar-refractivity contribution in [1.82, 2.24) is 10.2 Å². The van der Waals surface area contributed by atoms with Crippen LogP contribution in [0.1, 0.15) is 26.5 Å². The maximum Gasteiger partial charge on any atom is 0.149 e. The minimum absolute atomic E-state index is 0.00760. The summed E-state index contributed by atoms with van der Waals surface area (Å²) in [4.78, 5) is 0. The Kier molecular flexibility index (Phi) is 2.52. The third kappa shape index (κ3) is 3.12. The molecule has 68 valence electrons. The van der Waals surface area contributed by atoms with Gasteiger partial charge in [0.1, 0.15) is 11.5 Å². The predicted octanol–water partition coefficient (Wildman–Crippen LogP) is 1.67. The van der Waals surface area contributed by atoms with Crippen molar-refractivity contribution in [2.75, 3.05) is 5.32 Å². The van der Waals surface area contributed by atoms with Crippen molar-refractivity contribution in [2.24, 2.45) is 0 Å². The van der Waals surface area contributed by atoms with E-state index in [2.05, 4.69) is 42.2 Å². The molecule has 1 heterocycles. The van der Waals surface area contributed by atoms with Gasteiger partial charge in [-0.05, 0) is 38.8 Å². The van der Waals surface area contributed by atoms with Crippen LogP contribution in [0.25, 0.3) is 0 Å². The van der Waals surface area contributed by atoms with E-state index in [4.69, 9.17) is 6.42 Å². The number of nitrogens with zero attached hydrogens (tertiary/aromatic N) is 2. The molecular weight excluding hydrogens is 162 g/mol. The Bertz CT molecular complexity index is 314. The van der Waals surface area contributed by atoms with E-state index in [9.17, 15) is 0 Å². The van der Waals surface area contributed by atoms with Gasteiger partial charge in [-0.3, -0.25) is 0 Å². The highest BCUT2D eigenvalue weighted by molar-refractivity contribution is 5.38. The van der Waals surface area contributed by atoms with Crippen LogP contribution in [0.3, 0.4) is 0 Å². The first-order chi connectivity index (χ1) is 6.01. The molecule has 0 atom stereocenters. The van der Waals surface area contributed by atoms with Gasteiger partial charge < -0.3 is 5.32 Å². The second kappa shape index (κ2) is 3.44. The molecule has 3 heteroatoms. The summed E-state index contributed by atoms with van der Waals surface area (Å²) >= 11 is 0. The molecule has 0 amide bonds. The Labute approximate surface area is 78.6 Å². The van der Waals surface area contributed by atoms with E-state index in [1.165, 1.54) is 0 Å². The summed E-state index contributed by atoms with van der Waals surface area (Å²) in [7, 11) is 0. The molecule has 0 aromatic carbocycles. The molecule has 0 saturated heterocycles. The number of hydrogen-bond donors (Lipinski definition) is 1. The van der Waals surface area contributed by atoms with Crippen molar-refractivity contribution in [3.63, 3.8) is 0 Å². The van der Waals surface area contributed by atoms with Crippen LogP contribution in [0.2, 0.25) is 0 Å². The minimum Gasteiger partial charge on any atom is -0.364 e. The molecule has 0 unspecified atom stereocenters. The van der Waals surface area contributed by atoms with Crippen LogP contribution in [0.4, 0.5) is 5.82 Å². The number of nitrogens with one attached hydrogen (secondary N) is 1. The molecule has 3 nitrogen and oxygen atoms in total. The summed E-state index contributed by atoms with van der Waals surface area (Å²) in [6.45, 7) is 6.18. The number of rotatable bonds is 1. The van der Waals surface area contributed by atoms with Gasteiger partial charge in [-0.1, -0.05) is 0 Å². The maximum atomic E-state index is 5.15. The molecule has 13 heavy (non-hydrogen) atoms. The second-order valence-electron chi connectivity index (χ2n) is 3.82. The summed E-state index contributed by atoms with van der Waals surface area (Å²) in [5.74, 6) is 3.16. The van der Waals surface area contributed by atoms with E-state index in [0.717, 1.165) is 5.82 Å². The standard InChI is InChI=1S/C10H13N3/c1-5-8-6-7-9(13-12-8)11-10(2,3)4/h1,6-7H,2-4H3,(H,11,13). The molecule has 0 bridgehead atoms. The first-order valence-corrected chi connectivity index (χ1v) is 4.10. The van der Waals surface area contributed by atoms with Crippen LogP contribution >= 0.6 is 0 Å². The number of hydrogen-bond acceptors (Lipinski definition) is 3. The summed E-state index contributed by atoms with van der Waals surface area (Å²) in [6.07, 6.45) is 5.15. The number of aromatic nitrogens is 2. The molecule has 1 aromatic heterocycles. The smallest absolute Gasteiger partial charge is 0.149 e. The Morgan fingerprint density at radius 1 is 1.31 bits per heavy atom. The van der Waals surface area contributed by atoms with Gasteiger partial charge in [-0.25, -0.2) is 0 Å². The Balaban J connectivity index is 2.77. The zero-order chi connectivity index (χ0) is 9.90. The van der Waals surface area contributed by atoms with Gasteiger partial charge in [0, 0.05) is 5.54 Å². The van der Waals surface area contributed by atoms with Crippen molar-refractivity contribution in [3.8, 4) is 12.3 Å². The largest absolute Gasteiger partial charge is 0.364 e. The van der Waals surface area contributed by atoms with E-state index < -0.39 is 0 Å². The highest BCUT2D eigenvalue weighted by atomic mass is 15.2. The van der Waals surface area contributed by atoms with Gasteiger partial charge in [0.05, 0.1) is 0 Å². The van der Waals surface area contributed by atoms with Crippen molar-refractivity contribution < 1.29 is 0 Å². The van der Waals surface area contributed by atoms with Crippen LogP contribution in [0.15, 0.2) is 12.1 Å². The first-order valence-electron chi connectivity index (χ1n) is 4.10. The van der Waals surface area contributed by atoms with Gasteiger partial charge in [-0.2, -0.15) is 0 Å². The minimum atomic E-state index is -0.00760. The Morgan fingerprint density at radius 3 is 2.38 bits per heavy atom. The van der Waals surface area contributed by atoms with Crippen molar-refractivity contribution in [1.29, 1.82) is 0 Å². The molecule has 0 aliphatic carbocycles. The predicted molar refractivity (Wildman–Crippen MR) is 53.3 cm³/mol. The number of terminal acetylenes is 1. The van der Waals surface area contributed by atoms with Crippen molar-refractivity contribution in [3.05, 3.63) is 17.8 Å². The lowest BCUT2D eigenvalue weighted by atomic mass is 10.1. The van der Waals surface area contributed by atoms with Gasteiger partial charge in [0.25, 0.3) is 0 Å². The summed E-state index contributed by atoms with van der Waals surface area (Å²) < 4.78 is 0. The summed E-state index contributed by atoms with van der Waals surface area (Å²) in [5, 5.41) is 11.0. The first kappa shape index (κ1) is 9.53. The average molecular weight is 175 g/mol. The lowest BCUT2D eigenvalue weighted by Gasteiger charge is -2.20. The lowest BCUT2D eigenvalue weighted by molar-refractivity contribution is 0.628. The van der Waals surface area contributed by atoms with Crippen LogP contribution in [-0.2, 0) is 0 Å². The van der Waals surface area contributed by atoms with Crippen LogP contribution in [-0.4, -0.2) is 15.7 Å². The fourth-order valence-electron chi connectivity index (χ4n) is 0.860. The van der Waals surface area contributed by atoms with Crippen molar-refractivity contribution in [2.45, 2.75) is 26.3 Å². The third-order valence-electron chi connectivity index (χ3n) is 1.32. The second-order valence-corrected chi connectivity index (χ2v) is 3.82. The highest BCUT2D eigenvalue weighted by Gasteiger charge is 2.09. The van der Waals surface area contributed by atoms with Crippen molar-refractivity contribution >= 4 is 5.82 Å². The van der Waals surface area contributed by atoms with Crippen LogP contribution in [0.5, 0.6) is 0 Å². The molecule has 0 saturated carbocycles. The maximum absolute atomic E-state index is 5.15. The quantitative estimate of drug-likeness (QED) is 0.660. The van der Waals surface area contributed by atoms with Crippen LogP contribution in [0, 0.1) is 12.3 Å². The summed E-state index contributed by atoms with van der Waals surface area (Å²) in [6, 6.07) is 3.59. The molecule has 0 radical (unpaired) electrons. The molecule has 1 rings (SSSR count). The van der Waals surface area contributed by atoms with Gasteiger partial charge in [0.15, 0.2) is 0 Å². The summed E-state index contributed by atoms with van der Waals surface area (Å²) in [5.41, 5.74) is 0.547. The monoisotopic (exact) mass is 175 g/mol. The Hall–Kier alpha value is -1.56. The lowest BCUT2D eigenvalue weighted by Crippen LogP contribution is -2.26.